The molecule has 1 aromatic rings. The maximum absolute atomic E-state index is 3.57. The first-order valence-electron chi connectivity index (χ1n) is 7.21. The normalized spacial score (nSPS) is 15.2. The van der Waals surface area contributed by atoms with Gasteiger partial charge >= 0.3 is 0 Å². The average Bonchev–Trinajstić information content (AvgIpc) is 3.13. The molecule has 2 nitrogen and oxygen atoms in total. The highest BCUT2D eigenvalue weighted by molar-refractivity contribution is 5.55. The summed E-state index contributed by atoms with van der Waals surface area (Å²) in [5, 5.41) is 3.57. The van der Waals surface area contributed by atoms with Crippen LogP contribution in [0.15, 0.2) is 18.2 Å². The number of hydrogen-bond acceptors (Lipinski definition) is 2. The molecule has 0 amide bonds. The van der Waals surface area contributed by atoms with E-state index in [0.29, 0.717) is 6.04 Å². The Balaban J connectivity index is 2.07. The zero-order valence-electron chi connectivity index (χ0n) is 12.2. The largest absolute Gasteiger partial charge is 0.369 e. The van der Waals surface area contributed by atoms with Crippen molar-refractivity contribution >= 4 is 5.69 Å². The van der Waals surface area contributed by atoms with E-state index in [1.807, 2.05) is 0 Å². The summed E-state index contributed by atoms with van der Waals surface area (Å²) in [6, 6.07) is 8.22. The van der Waals surface area contributed by atoms with Crippen LogP contribution in [0.25, 0.3) is 0 Å². The van der Waals surface area contributed by atoms with E-state index in [4.69, 9.17) is 0 Å². The first-order valence-corrected chi connectivity index (χ1v) is 7.21. The Morgan fingerprint density at radius 2 is 2.06 bits per heavy atom. The molecule has 1 aliphatic rings. The molecule has 1 fully saturated rings. The van der Waals surface area contributed by atoms with Crippen molar-refractivity contribution in [2.24, 2.45) is 0 Å². The zero-order chi connectivity index (χ0) is 13.1. The van der Waals surface area contributed by atoms with E-state index >= 15 is 0 Å². The van der Waals surface area contributed by atoms with Crippen LogP contribution < -0.4 is 10.2 Å². The summed E-state index contributed by atoms with van der Waals surface area (Å²) in [5.74, 6) is 0. The van der Waals surface area contributed by atoms with Crippen molar-refractivity contribution in [2.45, 2.75) is 59.2 Å². The first kappa shape index (κ1) is 13.4. The Bertz CT molecular complexity index is 394. The molecule has 0 unspecified atom stereocenters. The summed E-state index contributed by atoms with van der Waals surface area (Å²) in [6.07, 6.45) is 2.71. The molecule has 0 saturated heterocycles. The summed E-state index contributed by atoms with van der Waals surface area (Å²) in [5.41, 5.74) is 4.17. The number of rotatable bonds is 6. The SMILES string of the molecule is CCN(c1ccc(CNC2CC2)cc1C)C(C)C. The summed E-state index contributed by atoms with van der Waals surface area (Å²) in [6.45, 7) is 11.0. The van der Waals surface area contributed by atoms with Gasteiger partial charge in [-0.1, -0.05) is 12.1 Å². The molecule has 0 radical (unpaired) electrons. The van der Waals surface area contributed by atoms with Crippen LogP contribution in [0.4, 0.5) is 5.69 Å². The van der Waals surface area contributed by atoms with Gasteiger partial charge in [-0.05, 0) is 57.7 Å². The molecule has 2 heteroatoms. The van der Waals surface area contributed by atoms with Crippen LogP contribution in [-0.4, -0.2) is 18.6 Å². The smallest absolute Gasteiger partial charge is 0.0398 e. The Labute approximate surface area is 111 Å². The third-order valence-corrected chi connectivity index (χ3v) is 3.71. The number of nitrogens with zero attached hydrogens (tertiary/aromatic N) is 1. The Hall–Kier alpha value is -1.02. The van der Waals surface area contributed by atoms with Gasteiger partial charge in [-0.15, -0.1) is 0 Å². The van der Waals surface area contributed by atoms with Gasteiger partial charge in [-0.25, -0.2) is 0 Å². The molecular weight excluding hydrogens is 220 g/mol. The van der Waals surface area contributed by atoms with Crippen LogP contribution in [0.5, 0.6) is 0 Å². The van der Waals surface area contributed by atoms with E-state index in [1.165, 1.54) is 29.7 Å². The van der Waals surface area contributed by atoms with E-state index in [2.05, 4.69) is 56.1 Å². The highest BCUT2D eigenvalue weighted by Crippen LogP contribution is 2.24. The molecule has 0 spiro atoms. The molecule has 1 N–H and O–H groups in total. The molecule has 2 rings (SSSR count). The predicted octanol–water partition coefficient (Wildman–Crippen LogP) is 3.48. The Kier molecular flexibility index (Phi) is 4.28. The minimum atomic E-state index is 0.559. The highest BCUT2D eigenvalue weighted by atomic mass is 15.1. The maximum atomic E-state index is 3.57. The van der Waals surface area contributed by atoms with E-state index < -0.39 is 0 Å². The standard InChI is InChI=1S/C16H26N2/c1-5-18(12(2)3)16-9-6-14(10-13(16)4)11-17-15-7-8-15/h6,9-10,12,15,17H,5,7-8,11H2,1-4H3. The van der Waals surface area contributed by atoms with Crippen LogP contribution in [-0.2, 0) is 6.54 Å². The molecule has 1 saturated carbocycles. The fourth-order valence-electron chi connectivity index (χ4n) is 2.51. The Morgan fingerprint density at radius 3 is 2.56 bits per heavy atom. The number of benzene rings is 1. The number of anilines is 1. The molecule has 1 aliphatic carbocycles. The lowest BCUT2D eigenvalue weighted by atomic mass is 10.1. The lowest BCUT2D eigenvalue weighted by Gasteiger charge is -2.29. The molecule has 0 heterocycles. The van der Waals surface area contributed by atoms with Gasteiger partial charge in [-0.2, -0.15) is 0 Å². The van der Waals surface area contributed by atoms with Crippen LogP contribution >= 0.6 is 0 Å². The minimum Gasteiger partial charge on any atom is -0.369 e. The molecular formula is C16H26N2. The Morgan fingerprint density at radius 1 is 1.33 bits per heavy atom. The average molecular weight is 246 g/mol. The molecule has 1 aromatic carbocycles. The summed E-state index contributed by atoms with van der Waals surface area (Å²) < 4.78 is 0. The highest BCUT2D eigenvalue weighted by Gasteiger charge is 2.20. The van der Waals surface area contributed by atoms with Gasteiger partial charge in [0.25, 0.3) is 0 Å². The van der Waals surface area contributed by atoms with E-state index in [9.17, 15) is 0 Å². The second kappa shape index (κ2) is 5.75. The van der Waals surface area contributed by atoms with E-state index in [0.717, 1.165) is 19.1 Å². The lowest BCUT2D eigenvalue weighted by Crippen LogP contribution is -2.31. The van der Waals surface area contributed by atoms with Crippen LogP contribution in [0, 0.1) is 6.92 Å². The number of nitrogens with one attached hydrogen (secondary N) is 1. The van der Waals surface area contributed by atoms with Gasteiger partial charge in [0.1, 0.15) is 0 Å². The quantitative estimate of drug-likeness (QED) is 0.826. The van der Waals surface area contributed by atoms with Crippen molar-refractivity contribution in [2.75, 3.05) is 11.4 Å². The maximum Gasteiger partial charge on any atom is 0.0398 e. The second-order valence-electron chi connectivity index (χ2n) is 5.66. The van der Waals surface area contributed by atoms with Crippen molar-refractivity contribution < 1.29 is 0 Å². The van der Waals surface area contributed by atoms with Crippen molar-refractivity contribution in [1.29, 1.82) is 0 Å². The molecule has 0 bridgehead atoms. The first-order chi connectivity index (χ1) is 8.61. The van der Waals surface area contributed by atoms with Crippen molar-refractivity contribution in [3.8, 4) is 0 Å². The van der Waals surface area contributed by atoms with E-state index in [-0.39, 0.29) is 0 Å². The van der Waals surface area contributed by atoms with Crippen molar-refractivity contribution in [3.05, 3.63) is 29.3 Å². The number of hydrogen-bond donors (Lipinski definition) is 1. The van der Waals surface area contributed by atoms with Crippen molar-refractivity contribution in [1.82, 2.24) is 5.32 Å². The molecule has 0 aromatic heterocycles. The van der Waals surface area contributed by atoms with Gasteiger partial charge in [0.05, 0.1) is 0 Å². The topological polar surface area (TPSA) is 15.3 Å². The van der Waals surface area contributed by atoms with Gasteiger partial charge in [0, 0.05) is 30.9 Å². The van der Waals surface area contributed by atoms with Gasteiger partial charge in [0.15, 0.2) is 0 Å². The summed E-state index contributed by atoms with van der Waals surface area (Å²) >= 11 is 0. The minimum absolute atomic E-state index is 0.559. The summed E-state index contributed by atoms with van der Waals surface area (Å²) in [4.78, 5) is 2.45. The molecule has 0 atom stereocenters. The van der Waals surface area contributed by atoms with Crippen LogP contribution in [0.3, 0.4) is 0 Å². The molecule has 18 heavy (non-hydrogen) atoms. The van der Waals surface area contributed by atoms with Gasteiger partial charge < -0.3 is 10.2 Å². The lowest BCUT2D eigenvalue weighted by molar-refractivity contribution is 0.684. The van der Waals surface area contributed by atoms with Gasteiger partial charge in [-0.3, -0.25) is 0 Å². The third-order valence-electron chi connectivity index (χ3n) is 3.71. The van der Waals surface area contributed by atoms with Gasteiger partial charge in [0.2, 0.25) is 0 Å². The van der Waals surface area contributed by atoms with E-state index in [1.54, 1.807) is 0 Å². The monoisotopic (exact) mass is 246 g/mol. The third kappa shape index (κ3) is 3.26. The van der Waals surface area contributed by atoms with Crippen LogP contribution in [0.2, 0.25) is 0 Å². The number of aryl methyl sites for hydroxylation is 1. The molecule has 0 aliphatic heterocycles. The fourth-order valence-corrected chi connectivity index (χ4v) is 2.51. The van der Waals surface area contributed by atoms with Crippen LogP contribution in [0.1, 0.15) is 44.7 Å². The second-order valence-corrected chi connectivity index (χ2v) is 5.66. The van der Waals surface area contributed by atoms with Crippen molar-refractivity contribution in [3.63, 3.8) is 0 Å². The molecule has 100 valence electrons. The summed E-state index contributed by atoms with van der Waals surface area (Å²) in [7, 11) is 0. The fraction of sp³-hybridized carbons (Fsp3) is 0.625. The predicted molar refractivity (Wildman–Crippen MR) is 79.2 cm³/mol. The zero-order valence-corrected chi connectivity index (χ0v) is 12.2.